The third-order valence-electron chi connectivity index (χ3n) is 4.43. The molecule has 0 saturated heterocycles. The number of hydrogen-bond acceptors (Lipinski definition) is 5. The summed E-state index contributed by atoms with van der Waals surface area (Å²) in [5, 5.41) is 5.05. The zero-order valence-electron chi connectivity index (χ0n) is 13.2. The summed E-state index contributed by atoms with van der Waals surface area (Å²) in [6, 6.07) is 0.618. The van der Waals surface area contributed by atoms with Crippen LogP contribution in [-0.4, -0.2) is 20.4 Å². The molecule has 2 N–H and O–H groups in total. The molecule has 0 aliphatic heterocycles. The summed E-state index contributed by atoms with van der Waals surface area (Å²) in [5.74, 6) is 0.134. The molecular formula is C16H20N4O3S. The van der Waals surface area contributed by atoms with Gasteiger partial charge in [0.25, 0.3) is 5.56 Å². The first kappa shape index (κ1) is 16.6. The Kier molecular flexibility index (Phi) is 5.24. The van der Waals surface area contributed by atoms with E-state index in [4.69, 9.17) is 0 Å². The van der Waals surface area contributed by atoms with E-state index in [0.717, 1.165) is 25.7 Å². The Bertz CT molecular complexity index is 790. The zero-order valence-corrected chi connectivity index (χ0v) is 14.1. The normalized spacial score (nSPS) is 16.7. The van der Waals surface area contributed by atoms with Gasteiger partial charge < -0.3 is 5.32 Å². The Hall–Kier alpha value is -2.22. The van der Waals surface area contributed by atoms with Crippen LogP contribution in [0.4, 0.5) is 5.13 Å². The van der Waals surface area contributed by atoms with Crippen molar-refractivity contribution < 1.29 is 4.79 Å². The van der Waals surface area contributed by atoms with Gasteiger partial charge in [-0.3, -0.25) is 19.1 Å². The van der Waals surface area contributed by atoms with Crippen LogP contribution in [0.25, 0.3) is 0 Å². The number of nitrogens with zero attached hydrogens (tertiary/aromatic N) is 2. The van der Waals surface area contributed by atoms with Crippen LogP contribution in [0.15, 0.2) is 33.4 Å². The number of aromatic amines is 1. The van der Waals surface area contributed by atoms with Gasteiger partial charge >= 0.3 is 5.69 Å². The Morgan fingerprint density at radius 1 is 1.38 bits per heavy atom. The van der Waals surface area contributed by atoms with E-state index in [2.05, 4.69) is 15.3 Å². The third-order valence-corrected chi connectivity index (χ3v) is 5.12. The average molecular weight is 348 g/mol. The number of rotatable bonds is 5. The first-order valence-corrected chi connectivity index (χ1v) is 9.03. The van der Waals surface area contributed by atoms with Crippen molar-refractivity contribution in [3.8, 4) is 0 Å². The summed E-state index contributed by atoms with van der Waals surface area (Å²) in [7, 11) is 0. The van der Waals surface area contributed by atoms with Crippen molar-refractivity contribution in [3.05, 3.63) is 44.7 Å². The highest BCUT2D eigenvalue weighted by atomic mass is 32.1. The van der Waals surface area contributed by atoms with Gasteiger partial charge in [0.1, 0.15) is 6.04 Å². The van der Waals surface area contributed by atoms with Gasteiger partial charge in [0.15, 0.2) is 5.13 Å². The molecule has 8 heteroatoms. The van der Waals surface area contributed by atoms with Gasteiger partial charge in [0.2, 0.25) is 5.91 Å². The minimum atomic E-state index is -0.652. The van der Waals surface area contributed by atoms with Crippen LogP contribution in [0.2, 0.25) is 0 Å². The van der Waals surface area contributed by atoms with E-state index >= 15 is 0 Å². The molecule has 2 heterocycles. The molecule has 0 bridgehead atoms. The Labute approximate surface area is 142 Å². The number of carbonyl (C=O) groups is 1. The van der Waals surface area contributed by atoms with E-state index in [9.17, 15) is 14.4 Å². The van der Waals surface area contributed by atoms with Crippen LogP contribution in [0.5, 0.6) is 0 Å². The summed E-state index contributed by atoms with van der Waals surface area (Å²) in [6.45, 7) is 0. The molecule has 1 atom stereocenters. The lowest BCUT2D eigenvalue weighted by molar-refractivity contribution is -0.120. The lowest BCUT2D eigenvalue weighted by Gasteiger charge is -2.26. The molecule has 128 valence electrons. The number of hydrogen-bond donors (Lipinski definition) is 2. The van der Waals surface area contributed by atoms with E-state index < -0.39 is 17.3 Å². The molecule has 3 rings (SSSR count). The van der Waals surface area contributed by atoms with Crippen LogP contribution in [0.3, 0.4) is 0 Å². The third kappa shape index (κ3) is 4.00. The minimum Gasteiger partial charge on any atom is -0.300 e. The van der Waals surface area contributed by atoms with Gasteiger partial charge in [-0.05, 0) is 12.3 Å². The van der Waals surface area contributed by atoms with Crippen LogP contribution in [0, 0.1) is 5.92 Å². The van der Waals surface area contributed by atoms with E-state index in [1.54, 1.807) is 11.6 Å². The largest absolute Gasteiger partial charge is 0.329 e. The fraction of sp³-hybridized carbons (Fsp3) is 0.500. The minimum absolute atomic E-state index is 0.273. The second kappa shape index (κ2) is 7.57. The summed E-state index contributed by atoms with van der Waals surface area (Å²) >= 11 is 1.33. The number of amides is 1. The highest BCUT2D eigenvalue weighted by Gasteiger charge is 2.27. The van der Waals surface area contributed by atoms with Crippen LogP contribution >= 0.6 is 11.3 Å². The van der Waals surface area contributed by atoms with E-state index in [0.29, 0.717) is 17.5 Å². The summed E-state index contributed by atoms with van der Waals surface area (Å²) in [4.78, 5) is 42.5. The van der Waals surface area contributed by atoms with Crippen molar-refractivity contribution in [1.29, 1.82) is 0 Å². The molecule has 1 aliphatic rings. The van der Waals surface area contributed by atoms with Crippen molar-refractivity contribution in [2.75, 3.05) is 5.32 Å². The highest BCUT2D eigenvalue weighted by Crippen LogP contribution is 2.31. The molecule has 2 aromatic heterocycles. The maximum absolute atomic E-state index is 12.7. The summed E-state index contributed by atoms with van der Waals surface area (Å²) < 4.78 is 1.32. The highest BCUT2D eigenvalue weighted by molar-refractivity contribution is 7.13. The van der Waals surface area contributed by atoms with Crippen LogP contribution < -0.4 is 16.6 Å². The molecule has 1 amide bonds. The van der Waals surface area contributed by atoms with Crippen molar-refractivity contribution in [2.45, 2.75) is 44.6 Å². The predicted octanol–water partition coefficient (Wildman–Crippen LogP) is 2.14. The molecule has 1 aliphatic carbocycles. The predicted molar refractivity (Wildman–Crippen MR) is 92.3 cm³/mol. The number of carbonyl (C=O) groups excluding carboxylic acids is 1. The second-order valence-corrected chi connectivity index (χ2v) is 6.99. The van der Waals surface area contributed by atoms with E-state index in [-0.39, 0.29) is 5.91 Å². The molecule has 1 saturated carbocycles. The molecule has 2 aromatic rings. The molecule has 24 heavy (non-hydrogen) atoms. The zero-order chi connectivity index (χ0) is 16.9. The molecule has 1 unspecified atom stereocenters. The fourth-order valence-corrected chi connectivity index (χ4v) is 3.76. The van der Waals surface area contributed by atoms with Gasteiger partial charge in [0.05, 0.1) is 0 Å². The smallest absolute Gasteiger partial charge is 0.300 e. The monoisotopic (exact) mass is 348 g/mol. The van der Waals surface area contributed by atoms with Crippen LogP contribution in [0.1, 0.15) is 44.6 Å². The molecule has 1 fully saturated rings. The topological polar surface area (TPSA) is 96.8 Å². The standard InChI is InChI=1S/C16H20N4O3S/c21-13-6-8-20(16(23)18-13)12(10-11-4-2-1-3-5-11)14(22)19-15-17-7-9-24-15/h6-9,11-12H,1-5,10H2,(H,17,19,22)(H,18,21,23). The summed E-state index contributed by atoms with van der Waals surface area (Å²) in [6.07, 6.45) is 9.28. The van der Waals surface area contributed by atoms with Crippen molar-refractivity contribution in [3.63, 3.8) is 0 Å². The first-order chi connectivity index (χ1) is 11.6. The van der Waals surface area contributed by atoms with Crippen molar-refractivity contribution in [1.82, 2.24) is 14.5 Å². The number of thiazole rings is 1. The quantitative estimate of drug-likeness (QED) is 0.865. The lowest BCUT2D eigenvalue weighted by Crippen LogP contribution is -2.38. The number of nitrogens with one attached hydrogen (secondary N) is 2. The van der Waals surface area contributed by atoms with E-state index in [1.165, 1.54) is 34.6 Å². The Morgan fingerprint density at radius 3 is 2.83 bits per heavy atom. The summed E-state index contributed by atoms with van der Waals surface area (Å²) in [5.41, 5.74) is -1.02. The Morgan fingerprint density at radius 2 is 2.17 bits per heavy atom. The molecule has 0 spiro atoms. The Balaban J connectivity index is 1.85. The maximum atomic E-state index is 12.7. The fourth-order valence-electron chi connectivity index (χ4n) is 3.23. The first-order valence-electron chi connectivity index (χ1n) is 8.15. The van der Waals surface area contributed by atoms with Gasteiger partial charge in [-0.1, -0.05) is 32.1 Å². The number of aromatic nitrogens is 3. The lowest BCUT2D eigenvalue weighted by atomic mass is 9.84. The van der Waals surface area contributed by atoms with Gasteiger partial charge in [-0.25, -0.2) is 9.78 Å². The SMILES string of the molecule is O=C(Nc1nccs1)C(CC1CCCCC1)n1ccc(=O)[nH]c1=O. The van der Waals surface area contributed by atoms with E-state index in [1.807, 2.05) is 0 Å². The van der Waals surface area contributed by atoms with Gasteiger partial charge in [0, 0.05) is 23.8 Å². The molecular weight excluding hydrogens is 328 g/mol. The molecule has 0 radical (unpaired) electrons. The van der Waals surface area contributed by atoms with Gasteiger partial charge in [-0.15, -0.1) is 11.3 Å². The number of anilines is 1. The number of H-pyrrole nitrogens is 1. The average Bonchev–Trinajstić information content (AvgIpc) is 3.07. The van der Waals surface area contributed by atoms with Gasteiger partial charge in [-0.2, -0.15) is 0 Å². The van der Waals surface area contributed by atoms with Crippen molar-refractivity contribution >= 4 is 22.4 Å². The van der Waals surface area contributed by atoms with Crippen LogP contribution in [-0.2, 0) is 4.79 Å². The maximum Gasteiger partial charge on any atom is 0.329 e. The molecule has 0 aromatic carbocycles. The van der Waals surface area contributed by atoms with Crippen molar-refractivity contribution in [2.24, 2.45) is 5.92 Å². The second-order valence-electron chi connectivity index (χ2n) is 6.10. The molecule has 7 nitrogen and oxygen atoms in total.